The van der Waals surface area contributed by atoms with E-state index in [0.717, 1.165) is 42.9 Å². The Hall–Kier alpha value is -4.63. The van der Waals surface area contributed by atoms with Gasteiger partial charge >= 0.3 is 0 Å². The van der Waals surface area contributed by atoms with E-state index in [0.29, 0.717) is 28.2 Å². The molecule has 1 fully saturated rings. The van der Waals surface area contributed by atoms with Crippen molar-refractivity contribution in [2.45, 2.75) is 32.8 Å². The summed E-state index contributed by atoms with van der Waals surface area (Å²) in [6.45, 7) is 5.42. The minimum atomic E-state index is -0.509. The summed E-state index contributed by atoms with van der Waals surface area (Å²) in [6, 6.07) is 18.9. The number of amides is 2. The van der Waals surface area contributed by atoms with E-state index in [-0.39, 0.29) is 23.6 Å². The van der Waals surface area contributed by atoms with E-state index < -0.39 is 5.82 Å². The van der Waals surface area contributed by atoms with Crippen molar-refractivity contribution in [1.29, 1.82) is 0 Å². The molecule has 8 nitrogen and oxygen atoms in total. The largest absolute Gasteiger partial charge is 0.393 e. The predicted molar refractivity (Wildman–Crippen MR) is 161 cm³/mol. The smallest absolute Gasteiger partial charge is 0.257 e. The molecule has 212 valence electrons. The Bertz CT molecular complexity index is 1560. The van der Waals surface area contributed by atoms with Crippen LogP contribution < -0.4 is 20.9 Å². The Balaban J connectivity index is 1.16. The normalized spacial score (nSPS) is 13.6. The van der Waals surface area contributed by atoms with Crippen LogP contribution in [-0.2, 0) is 7.05 Å². The van der Waals surface area contributed by atoms with Gasteiger partial charge < -0.3 is 30.5 Å². The molecule has 0 atom stereocenters. The van der Waals surface area contributed by atoms with Gasteiger partial charge in [0.1, 0.15) is 5.82 Å². The van der Waals surface area contributed by atoms with Crippen LogP contribution in [0.4, 0.5) is 32.8 Å². The number of aryl methyl sites for hydroxylation is 1. The molecule has 1 aromatic heterocycles. The molecule has 4 N–H and O–H groups in total. The van der Waals surface area contributed by atoms with Gasteiger partial charge in [0, 0.05) is 60.3 Å². The van der Waals surface area contributed by atoms with Crippen LogP contribution in [0.2, 0.25) is 0 Å². The molecule has 4 aromatic rings. The van der Waals surface area contributed by atoms with Crippen molar-refractivity contribution in [2.24, 2.45) is 7.05 Å². The molecule has 0 spiro atoms. The lowest BCUT2D eigenvalue weighted by Gasteiger charge is -2.31. The highest BCUT2D eigenvalue weighted by Crippen LogP contribution is 2.26. The van der Waals surface area contributed by atoms with Crippen molar-refractivity contribution >= 4 is 40.3 Å². The molecule has 0 saturated carbocycles. The fraction of sp³-hybridized carbons (Fsp3) is 0.250. The quantitative estimate of drug-likeness (QED) is 0.225. The average Bonchev–Trinajstić information content (AvgIpc) is 3.23. The first kappa shape index (κ1) is 27.9. The van der Waals surface area contributed by atoms with Gasteiger partial charge in [-0.3, -0.25) is 9.59 Å². The van der Waals surface area contributed by atoms with Crippen LogP contribution in [0.25, 0.3) is 0 Å². The number of halogens is 1. The minimum Gasteiger partial charge on any atom is -0.393 e. The summed E-state index contributed by atoms with van der Waals surface area (Å²) in [5.41, 5.74) is 5.88. The molecule has 0 radical (unpaired) electrons. The maximum atomic E-state index is 14.9. The van der Waals surface area contributed by atoms with Crippen LogP contribution in [0.5, 0.6) is 0 Å². The zero-order valence-electron chi connectivity index (χ0n) is 23.4. The number of aromatic nitrogens is 1. The lowest BCUT2D eigenvalue weighted by atomic mass is 10.1. The van der Waals surface area contributed by atoms with Crippen LogP contribution in [0.3, 0.4) is 0 Å². The van der Waals surface area contributed by atoms with E-state index in [4.69, 9.17) is 0 Å². The van der Waals surface area contributed by atoms with Crippen molar-refractivity contribution in [2.75, 3.05) is 33.9 Å². The third-order valence-corrected chi connectivity index (χ3v) is 7.65. The van der Waals surface area contributed by atoms with Gasteiger partial charge in [-0.2, -0.15) is 0 Å². The van der Waals surface area contributed by atoms with Gasteiger partial charge in [0.2, 0.25) is 0 Å². The lowest BCUT2D eigenvalue weighted by Crippen LogP contribution is -2.35. The Morgan fingerprint density at radius 1 is 0.854 bits per heavy atom. The van der Waals surface area contributed by atoms with Gasteiger partial charge in [-0.05, 0) is 99.0 Å². The molecule has 1 saturated heterocycles. The van der Waals surface area contributed by atoms with E-state index in [1.807, 2.05) is 37.6 Å². The minimum absolute atomic E-state index is 0.226. The van der Waals surface area contributed by atoms with Crippen molar-refractivity contribution in [3.63, 3.8) is 0 Å². The standard InChI is InChI=1S/C32H34FN5O3/c1-20-21(2)37(3)19-28(20)32(41)36-25-10-13-30(29(33)18-25)34-23-6-8-24(9-7-23)35-31(40)22-4-11-26(12-5-22)38-16-14-27(39)15-17-38/h4-13,18-19,27,34,39H,14-17H2,1-3H3,(H,35,40)(H,36,41). The SMILES string of the molecule is Cc1c(C(=O)Nc2ccc(Nc3ccc(NC(=O)c4ccc(N5CCC(O)CC5)cc4)cc3)c(F)c2)cn(C)c1C. The number of carbonyl (C=O) groups excluding carboxylic acids is 2. The van der Waals surface area contributed by atoms with E-state index >= 15 is 0 Å². The number of aliphatic hydroxyl groups is 1. The van der Waals surface area contributed by atoms with E-state index in [2.05, 4.69) is 20.9 Å². The molecule has 2 amide bonds. The Labute approximate surface area is 238 Å². The van der Waals surface area contributed by atoms with Crippen LogP contribution in [-0.4, -0.2) is 40.7 Å². The van der Waals surface area contributed by atoms with E-state index in [1.54, 1.807) is 54.7 Å². The molecular weight excluding hydrogens is 521 g/mol. The summed E-state index contributed by atoms with van der Waals surface area (Å²) >= 11 is 0. The Morgan fingerprint density at radius 3 is 2.07 bits per heavy atom. The fourth-order valence-electron chi connectivity index (χ4n) is 4.91. The summed E-state index contributed by atoms with van der Waals surface area (Å²) in [5, 5.41) is 18.4. The monoisotopic (exact) mass is 555 g/mol. The average molecular weight is 556 g/mol. The molecular formula is C32H34FN5O3. The second-order valence-corrected chi connectivity index (χ2v) is 10.4. The number of piperidine rings is 1. The van der Waals surface area contributed by atoms with Crippen LogP contribution in [0, 0.1) is 19.7 Å². The van der Waals surface area contributed by atoms with Crippen LogP contribution in [0.15, 0.2) is 72.9 Å². The second-order valence-electron chi connectivity index (χ2n) is 10.4. The molecule has 9 heteroatoms. The summed E-state index contributed by atoms with van der Waals surface area (Å²) in [7, 11) is 1.88. The number of hydrogen-bond donors (Lipinski definition) is 4. The first-order valence-electron chi connectivity index (χ1n) is 13.6. The number of rotatable bonds is 7. The zero-order chi connectivity index (χ0) is 29.1. The number of nitrogens with zero attached hydrogens (tertiary/aromatic N) is 2. The third kappa shape index (κ3) is 6.41. The second kappa shape index (κ2) is 11.9. The maximum absolute atomic E-state index is 14.9. The van der Waals surface area contributed by atoms with Gasteiger partial charge in [-0.15, -0.1) is 0 Å². The molecule has 2 heterocycles. The number of nitrogens with one attached hydrogen (secondary N) is 3. The molecule has 0 bridgehead atoms. The number of anilines is 5. The van der Waals surface area contributed by atoms with Gasteiger partial charge in [0.05, 0.1) is 17.4 Å². The van der Waals surface area contributed by atoms with Crippen molar-refractivity contribution in [3.05, 3.63) is 101 Å². The van der Waals surface area contributed by atoms with Gasteiger partial charge in [-0.25, -0.2) is 4.39 Å². The number of carbonyl (C=O) groups is 2. The van der Waals surface area contributed by atoms with Crippen LogP contribution in [0.1, 0.15) is 44.8 Å². The molecule has 0 aliphatic carbocycles. The summed E-state index contributed by atoms with van der Waals surface area (Å²) in [4.78, 5) is 27.6. The number of hydrogen-bond acceptors (Lipinski definition) is 5. The lowest BCUT2D eigenvalue weighted by molar-refractivity contribution is 0.101. The molecule has 1 aliphatic rings. The number of aliphatic hydroxyl groups excluding tert-OH is 1. The third-order valence-electron chi connectivity index (χ3n) is 7.65. The number of benzene rings is 3. The molecule has 41 heavy (non-hydrogen) atoms. The maximum Gasteiger partial charge on any atom is 0.257 e. The predicted octanol–water partition coefficient (Wildman–Crippen LogP) is 5.99. The Morgan fingerprint density at radius 2 is 1.46 bits per heavy atom. The highest BCUT2D eigenvalue weighted by molar-refractivity contribution is 6.06. The van der Waals surface area contributed by atoms with Crippen molar-refractivity contribution in [1.82, 2.24) is 4.57 Å². The Kier molecular flexibility index (Phi) is 8.07. The van der Waals surface area contributed by atoms with Crippen LogP contribution >= 0.6 is 0 Å². The zero-order valence-corrected chi connectivity index (χ0v) is 23.4. The molecule has 5 rings (SSSR count). The molecule has 1 aliphatic heterocycles. The summed E-state index contributed by atoms with van der Waals surface area (Å²) in [5.74, 6) is -1.02. The van der Waals surface area contributed by atoms with Crippen molar-refractivity contribution < 1.29 is 19.1 Å². The summed E-state index contributed by atoms with van der Waals surface area (Å²) in [6.07, 6.45) is 3.03. The first-order chi connectivity index (χ1) is 19.7. The van der Waals surface area contributed by atoms with Gasteiger partial charge in [0.25, 0.3) is 11.8 Å². The van der Waals surface area contributed by atoms with Gasteiger partial charge in [-0.1, -0.05) is 0 Å². The summed E-state index contributed by atoms with van der Waals surface area (Å²) < 4.78 is 16.7. The first-order valence-corrected chi connectivity index (χ1v) is 13.6. The van der Waals surface area contributed by atoms with E-state index in [9.17, 15) is 19.1 Å². The highest BCUT2D eigenvalue weighted by atomic mass is 19.1. The highest BCUT2D eigenvalue weighted by Gasteiger charge is 2.18. The molecule has 3 aromatic carbocycles. The fourth-order valence-corrected chi connectivity index (χ4v) is 4.91. The van der Waals surface area contributed by atoms with Crippen molar-refractivity contribution in [3.8, 4) is 0 Å². The van der Waals surface area contributed by atoms with E-state index in [1.165, 1.54) is 6.07 Å². The van der Waals surface area contributed by atoms with Gasteiger partial charge in [0.15, 0.2) is 0 Å². The molecule has 0 unspecified atom stereocenters. The topological polar surface area (TPSA) is 98.6 Å².